The van der Waals surface area contributed by atoms with Crippen LogP contribution in [0.25, 0.3) is 0 Å². The Labute approximate surface area is 111 Å². The van der Waals surface area contributed by atoms with Gasteiger partial charge in [0.2, 0.25) is 0 Å². The van der Waals surface area contributed by atoms with Gasteiger partial charge in [-0.2, -0.15) is 0 Å². The van der Waals surface area contributed by atoms with Crippen molar-refractivity contribution in [3.63, 3.8) is 0 Å². The topological polar surface area (TPSA) is 38.5 Å². The van der Waals surface area contributed by atoms with Crippen LogP contribution >= 0.6 is 0 Å². The van der Waals surface area contributed by atoms with Crippen molar-refractivity contribution in [2.45, 2.75) is 38.8 Å². The second-order valence-corrected chi connectivity index (χ2v) is 5.64. The van der Waals surface area contributed by atoms with Gasteiger partial charge in [-0.3, -0.25) is 0 Å². The summed E-state index contributed by atoms with van der Waals surface area (Å²) in [7, 11) is 3.85. The molecule has 2 N–H and O–H groups in total. The van der Waals surface area contributed by atoms with Crippen LogP contribution in [0.1, 0.15) is 32.3 Å². The summed E-state index contributed by atoms with van der Waals surface area (Å²) in [6, 6.07) is 8.17. The molecule has 1 aromatic rings. The van der Waals surface area contributed by atoms with E-state index < -0.39 is 0 Å². The first-order chi connectivity index (χ1) is 8.42. The van der Waals surface area contributed by atoms with E-state index in [1.54, 1.807) is 7.11 Å². The summed E-state index contributed by atoms with van der Waals surface area (Å²) in [5.74, 6) is 0.962. The van der Waals surface area contributed by atoms with Gasteiger partial charge in [-0.15, -0.1) is 0 Å². The quantitative estimate of drug-likeness (QED) is 0.808. The second-order valence-electron chi connectivity index (χ2n) is 5.64. The summed E-state index contributed by atoms with van der Waals surface area (Å²) in [5, 5.41) is 0. The average molecular weight is 250 g/mol. The number of para-hydroxylation sites is 1. The highest BCUT2D eigenvalue weighted by Gasteiger charge is 2.11. The Bertz CT molecular complexity index is 358. The monoisotopic (exact) mass is 250 g/mol. The summed E-state index contributed by atoms with van der Waals surface area (Å²) in [5.41, 5.74) is 7.15. The Morgan fingerprint density at radius 3 is 2.56 bits per heavy atom. The van der Waals surface area contributed by atoms with Crippen LogP contribution in [-0.2, 0) is 6.54 Å². The van der Waals surface area contributed by atoms with E-state index in [9.17, 15) is 0 Å². The predicted molar refractivity (Wildman–Crippen MR) is 76.8 cm³/mol. The Kier molecular flexibility index (Phi) is 5.63. The zero-order valence-corrected chi connectivity index (χ0v) is 12.1. The van der Waals surface area contributed by atoms with Gasteiger partial charge >= 0.3 is 0 Å². The van der Waals surface area contributed by atoms with E-state index >= 15 is 0 Å². The predicted octanol–water partition coefficient (Wildman–Crippen LogP) is 2.64. The fourth-order valence-electron chi connectivity index (χ4n) is 2.01. The van der Waals surface area contributed by atoms with Crippen molar-refractivity contribution in [2.24, 2.45) is 5.73 Å². The van der Waals surface area contributed by atoms with Gasteiger partial charge in [-0.05, 0) is 46.3 Å². The number of rotatable bonds is 7. The summed E-state index contributed by atoms with van der Waals surface area (Å²) in [6.07, 6.45) is 2.17. The van der Waals surface area contributed by atoms with Crippen LogP contribution in [0.3, 0.4) is 0 Å². The zero-order valence-electron chi connectivity index (χ0n) is 12.1. The fraction of sp³-hybridized carbons (Fsp3) is 0.600. The highest BCUT2D eigenvalue weighted by molar-refractivity contribution is 5.32. The van der Waals surface area contributed by atoms with Crippen molar-refractivity contribution in [1.29, 1.82) is 0 Å². The minimum Gasteiger partial charge on any atom is -0.496 e. The molecule has 0 aliphatic carbocycles. The third-order valence-electron chi connectivity index (χ3n) is 2.99. The SMILES string of the molecule is COc1ccccc1CN(C)CCCC(C)(C)N. The highest BCUT2D eigenvalue weighted by Crippen LogP contribution is 2.19. The standard InChI is InChI=1S/C15H26N2O/c1-15(2,16)10-7-11-17(3)12-13-8-5-6-9-14(13)18-4/h5-6,8-9H,7,10-12,16H2,1-4H3. The van der Waals surface area contributed by atoms with Gasteiger partial charge in [0.1, 0.15) is 5.75 Å². The molecule has 3 nitrogen and oxygen atoms in total. The molecule has 0 atom stereocenters. The molecular formula is C15H26N2O. The number of benzene rings is 1. The molecule has 3 heteroatoms. The lowest BCUT2D eigenvalue weighted by Gasteiger charge is -2.22. The molecule has 0 bridgehead atoms. The Balaban J connectivity index is 2.42. The molecule has 0 saturated carbocycles. The van der Waals surface area contributed by atoms with Crippen LogP contribution in [-0.4, -0.2) is 31.1 Å². The van der Waals surface area contributed by atoms with Crippen molar-refractivity contribution in [3.05, 3.63) is 29.8 Å². The third-order valence-corrected chi connectivity index (χ3v) is 2.99. The van der Waals surface area contributed by atoms with Gasteiger partial charge in [0.05, 0.1) is 7.11 Å². The lowest BCUT2D eigenvalue weighted by atomic mass is 10.00. The largest absolute Gasteiger partial charge is 0.496 e. The first-order valence-electron chi connectivity index (χ1n) is 6.52. The molecule has 0 spiro atoms. The number of ether oxygens (including phenoxy) is 1. The molecule has 0 fully saturated rings. The lowest BCUT2D eigenvalue weighted by molar-refractivity contribution is 0.297. The van der Waals surface area contributed by atoms with Crippen molar-refractivity contribution in [3.8, 4) is 5.75 Å². The van der Waals surface area contributed by atoms with Gasteiger partial charge in [-0.1, -0.05) is 18.2 Å². The zero-order chi connectivity index (χ0) is 13.6. The van der Waals surface area contributed by atoms with Crippen LogP contribution in [0.4, 0.5) is 0 Å². The summed E-state index contributed by atoms with van der Waals surface area (Å²) in [6.45, 7) is 6.12. The molecule has 0 radical (unpaired) electrons. The van der Waals surface area contributed by atoms with Gasteiger partial charge in [0.25, 0.3) is 0 Å². The fourth-order valence-corrected chi connectivity index (χ4v) is 2.01. The highest BCUT2D eigenvalue weighted by atomic mass is 16.5. The van der Waals surface area contributed by atoms with Crippen LogP contribution in [0.2, 0.25) is 0 Å². The smallest absolute Gasteiger partial charge is 0.123 e. The summed E-state index contributed by atoms with van der Waals surface area (Å²) in [4.78, 5) is 2.31. The molecule has 18 heavy (non-hydrogen) atoms. The average Bonchev–Trinajstić information content (AvgIpc) is 2.28. The molecular weight excluding hydrogens is 224 g/mol. The van der Waals surface area contributed by atoms with Crippen molar-refractivity contribution >= 4 is 0 Å². The van der Waals surface area contributed by atoms with E-state index in [1.165, 1.54) is 5.56 Å². The van der Waals surface area contributed by atoms with Gasteiger partial charge in [-0.25, -0.2) is 0 Å². The lowest BCUT2D eigenvalue weighted by Crippen LogP contribution is -2.33. The molecule has 0 amide bonds. The summed E-state index contributed by atoms with van der Waals surface area (Å²) >= 11 is 0. The van der Waals surface area contributed by atoms with E-state index in [0.29, 0.717) is 0 Å². The van der Waals surface area contributed by atoms with Gasteiger partial charge in [0.15, 0.2) is 0 Å². The number of nitrogens with zero attached hydrogens (tertiary/aromatic N) is 1. The molecule has 1 rings (SSSR count). The molecule has 102 valence electrons. The molecule has 0 aliphatic heterocycles. The van der Waals surface area contributed by atoms with E-state index in [4.69, 9.17) is 10.5 Å². The van der Waals surface area contributed by atoms with Gasteiger partial charge < -0.3 is 15.4 Å². The van der Waals surface area contributed by atoms with E-state index in [1.807, 2.05) is 12.1 Å². The Hall–Kier alpha value is -1.06. The molecule has 1 aromatic carbocycles. The molecule has 0 aliphatic rings. The van der Waals surface area contributed by atoms with E-state index in [2.05, 4.69) is 37.9 Å². The van der Waals surface area contributed by atoms with Crippen LogP contribution in [0, 0.1) is 0 Å². The molecule has 0 heterocycles. The van der Waals surface area contributed by atoms with E-state index in [-0.39, 0.29) is 5.54 Å². The Morgan fingerprint density at radius 2 is 1.94 bits per heavy atom. The van der Waals surface area contributed by atoms with Crippen molar-refractivity contribution in [1.82, 2.24) is 4.90 Å². The maximum Gasteiger partial charge on any atom is 0.123 e. The molecule has 0 unspecified atom stereocenters. The first-order valence-corrected chi connectivity index (χ1v) is 6.52. The maximum atomic E-state index is 5.98. The molecule has 0 saturated heterocycles. The van der Waals surface area contributed by atoms with Gasteiger partial charge in [0, 0.05) is 17.6 Å². The number of nitrogens with two attached hydrogens (primary N) is 1. The Morgan fingerprint density at radius 1 is 1.28 bits per heavy atom. The third kappa shape index (κ3) is 5.52. The maximum absolute atomic E-state index is 5.98. The number of hydrogen-bond donors (Lipinski definition) is 1. The molecule has 0 aromatic heterocycles. The normalized spacial score (nSPS) is 11.9. The number of methoxy groups -OCH3 is 1. The van der Waals surface area contributed by atoms with E-state index in [0.717, 1.165) is 31.7 Å². The first kappa shape index (κ1) is 15.0. The van der Waals surface area contributed by atoms with Crippen molar-refractivity contribution < 1.29 is 4.74 Å². The second kappa shape index (κ2) is 6.76. The van der Waals surface area contributed by atoms with Crippen LogP contribution < -0.4 is 10.5 Å². The minimum absolute atomic E-state index is 0.0642. The van der Waals surface area contributed by atoms with Crippen LogP contribution in [0.15, 0.2) is 24.3 Å². The minimum atomic E-state index is -0.0642. The van der Waals surface area contributed by atoms with Crippen molar-refractivity contribution in [2.75, 3.05) is 20.7 Å². The number of hydrogen-bond acceptors (Lipinski definition) is 3. The van der Waals surface area contributed by atoms with Crippen LogP contribution in [0.5, 0.6) is 5.75 Å². The summed E-state index contributed by atoms with van der Waals surface area (Å²) < 4.78 is 5.36.